The van der Waals surface area contributed by atoms with Gasteiger partial charge in [-0.1, -0.05) is 0 Å². The molecular weight excluding hydrogens is 498 g/mol. The number of halogens is 6. The summed E-state index contributed by atoms with van der Waals surface area (Å²) in [6.07, 6.45) is -4.89. The van der Waals surface area contributed by atoms with Crippen molar-refractivity contribution >= 4 is 23.2 Å². The standard InChI is InChI=1S/C21H14F6N6O3/c1-32-17(19(35)36-2)14(9-28-32)30-18(34)13-8-16-29-12(10-3-5-11(22)6-4-10)7-15(33(16)31-13)20(23,24)21(25,26)27/h3-9H,1-2H3,(H,30,34). The third kappa shape index (κ3) is 4.23. The molecule has 9 nitrogen and oxygen atoms in total. The number of methoxy groups -OCH3 is 1. The van der Waals surface area contributed by atoms with Crippen molar-refractivity contribution in [3.8, 4) is 11.3 Å². The number of hydrogen-bond donors (Lipinski definition) is 1. The molecule has 4 aromatic rings. The smallest absolute Gasteiger partial charge is 0.459 e. The van der Waals surface area contributed by atoms with Crippen molar-refractivity contribution in [1.82, 2.24) is 24.4 Å². The zero-order valence-electron chi connectivity index (χ0n) is 18.3. The molecule has 0 aliphatic heterocycles. The number of rotatable bonds is 5. The lowest BCUT2D eigenvalue weighted by atomic mass is 10.1. The van der Waals surface area contributed by atoms with Crippen molar-refractivity contribution in [3.63, 3.8) is 0 Å². The molecule has 1 amide bonds. The molecule has 0 saturated carbocycles. The number of carbonyl (C=O) groups is 2. The summed E-state index contributed by atoms with van der Waals surface area (Å²) in [6, 6.07) is 5.58. The first kappa shape index (κ1) is 24.7. The van der Waals surface area contributed by atoms with Gasteiger partial charge in [0.25, 0.3) is 5.91 Å². The molecule has 0 fully saturated rings. The van der Waals surface area contributed by atoms with Gasteiger partial charge in [0.2, 0.25) is 0 Å². The van der Waals surface area contributed by atoms with Crippen LogP contribution in [0.1, 0.15) is 26.7 Å². The maximum Gasteiger partial charge on any atom is 0.459 e. The van der Waals surface area contributed by atoms with Gasteiger partial charge >= 0.3 is 18.1 Å². The number of benzene rings is 1. The molecule has 0 saturated heterocycles. The van der Waals surface area contributed by atoms with Crippen molar-refractivity contribution in [1.29, 1.82) is 0 Å². The van der Waals surface area contributed by atoms with Crippen molar-refractivity contribution in [2.24, 2.45) is 7.05 Å². The third-order valence-corrected chi connectivity index (χ3v) is 5.04. The van der Waals surface area contributed by atoms with Crippen LogP contribution in [0.4, 0.5) is 32.0 Å². The van der Waals surface area contributed by atoms with Crippen LogP contribution in [-0.4, -0.2) is 49.5 Å². The van der Waals surface area contributed by atoms with Crippen LogP contribution >= 0.6 is 0 Å². The van der Waals surface area contributed by atoms with Crippen molar-refractivity contribution in [2.45, 2.75) is 12.1 Å². The number of anilines is 1. The Morgan fingerprint density at radius 3 is 2.33 bits per heavy atom. The number of hydrogen-bond acceptors (Lipinski definition) is 6. The minimum Gasteiger partial charge on any atom is -0.464 e. The van der Waals surface area contributed by atoms with Gasteiger partial charge in [-0.05, 0) is 30.3 Å². The first-order valence-corrected chi connectivity index (χ1v) is 9.87. The largest absolute Gasteiger partial charge is 0.464 e. The molecule has 1 N–H and O–H groups in total. The average molecular weight is 512 g/mol. The predicted octanol–water partition coefficient (Wildman–Crippen LogP) is 3.96. The normalized spacial score (nSPS) is 12.1. The molecule has 36 heavy (non-hydrogen) atoms. The minimum atomic E-state index is -6.00. The second-order valence-electron chi connectivity index (χ2n) is 7.38. The fourth-order valence-electron chi connectivity index (χ4n) is 3.28. The van der Waals surface area contributed by atoms with Crippen LogP contribution in [-0.2, 0) is 17.7 Å². The van der Waals surface area contributed by atoms with Crippen molar-refractivity contribution in [2.75, 3.05) is 12.4 Å². The number of alkyl halides is 5. The van der Waals surface area contributed by atoms with Gasteiger partial charge < -0.3 is 10.1 Å². The molecule has 0 bridgehead atoms. The molecule has 1 aromatic carbocycles. The van der Waals surface area contributed by atoms with E-state index in [9.17, 15) is 35.9 Å². The summed E-state index contributed by atoms with van der Waals surface area (Å²) in [7, 11) is 2.48. The number of amides is 1. The summed E-state index contributed by atoms with van der Waals surface area (Å²) in [5.74, 6) is -7.95. The maximum atomic E-state index is 14.5. The lowest BCUT2D eigenvalue weighted by molar-refractivity contribution is -0.291. The van der Waals surface area contributed by atoms with E-state index in [1.807, 2.05) is 0 Å². The Morgan fingerprint density at radius 1 is 1.06 bits per heavy atom. The minimum absolute atomic E-state index is 0.0448. The molecule has 3 heterocycles. The average Bonchev–Trinajstić information content (AvgIpc) is 3.41. The third-order valence-electron chi connectivity index (χ3n) is 5.04. The van der Waals surface area contributed by atoms with Crippen LogP contribution in [0.5, 0.6) is 0 Å². The van der Waals surface area contributed by atoms with Crippen molar-refractivity contribution in [3.05, 3.63) is 65.5 Å². The number of carbonyl (C=O) groups excluding carboxylic acids is 2. The molecule has 15 heteroatoms. The quantitative estimate of drug-likeness (QED) is 0.321. The summed E-state index contributed by atoms with van der Waals surface area (Å²) in [5, 5.41) is 9.70. The summed E-state index contributed by atoms with van der Waals surface area (Å²) in [6.45, 7) is 0. The first-order valence-electron chi connectivity index (χ1n) is 9.87. The van der Waals surface area contributed by atoms with E-state index in [0.717, 1.165) is 48.3 Å². The fraction of sp³-hybridized carbons (Fsp3) is 0.190. The number of fused-ring (bicyclic) bond motifs is 1. The van der Waals surface area contributed by atoms with Gasteiger partial charge in [0, 0.05) is 18.7 Å². The van der Waals surface area contributed by atoms with E-state index in [4.69, 9.17) is 0 Å². The van der Waals surface area contributed by atoms with Gasteiger partial charge in [-0.25, -0.2) is 18.7 Å². The Labute approximate surface area is 197 Å². The highest BCUT2D eigenvalue weighted by Gasteiger charge is 2.60. The van der Waals surface area contributed by atoms with Gasteiger partial charge in [0.1, 0.15) is 11.5 Å². The molecule has 0 atom stereocenters. The molecule has 188 valence electrons. The summed E-state index contributed by atoms with van der Waals surface area (Å²) in [5.41, 5.74) is -3.28. The number of aryl methyl sites for hydroxylation is 1. The van der Waals surface area contributed by atoms with E-state index in [2.05, 4.69) is 25.2 Å². The monoisotopic (exact) mass is 512 g/mol. The number of esters is 1. The Morgan fingerprint density at radius 2 is 1.72 bits per heavy atom. The number of nitrogens with one attached hydrogen (secondary N) is 1. The highest BCUT2D eigenvalue weighted by molar-refractivity contribution is 6.06. The maximum absolute atomic E-state index is 14.5. The molecule has 0 aliphatic carbocycles. The van der Waals surface area contributed by atoms with Crippen LogP contribution < -0.4 is 5.32 Å². The van der Waals surface area contributed by atoms with Gasteiger partial charge in [-0.15, -0.1) is 0 Å². The molecule has 0 aliphatic rings. The van der Waals surface area contributed by atoms with Crippen LogP contribution in [0.25, 0.3) is 16.9 Å². The summed E-state index contributed by atoms with van der Waals surface area (Å²) in [4.78, 5) is 28.7. The molecule has 0 unspecified atom stereocenters. The Bertz CT molecular complexity index is 1480. The number of nitrogens with zero attached hydrogens (tertiary/aromatic N) is 5. The molecular formula is C21H14F6N6O3. The van der Waals surface area contributed by atoms with Crippen LogP contribution in [0.15, 0.2) is 42.6 Å². The molecule has 3 aromatic heterocycles. The van der Waals surface area contributed by atoms with Gasteiger partial charge in [0.05, 0.1) is 24.7 Å². The van der Waals surface area contributed by atoms with E-state index < -0.39 is 46.8 Å². The van der Waals surface area contributed by atoms with Crippen LogP contribution in [0, 0.1) is 5.82 Å². The fourth-order valence-corrected chi connectivity index (χ4v) is 3.28. The number of aromatic nitrogens is 5. The second-order valence-corrected chi connectivity index (χ2v) is 7.38. The Hall–Kier alpha value is -4.43. The molecule has 4 rings (SSSR count). The summed E-state index contributed by atoms with van der Waals surface area (Å²) >= 11 is 0. The zero-order valence-corrected chi connectivity index (χ0v) is 18.3. The van der Waals surface area contributed by atoms with E-state index in [0.29, 0.717) is 6.07 Å². The van der Waals surface area contributed by atoms with E-state index >= 15 is 0 Å². The Kier molecular flexibility index (Phi) is 5.94. The Balaban J connectivity index is 1.83. The van der Waals surface area contributed by atoms with E-state index in [-0.39, 0.29) is 27.2 Å². The first-order chi connectivity index (χ1) is 16.8. The van der Waals surface area contributed by atoms with Gasteiger partial charge in [0.15, 0.2) is 17.0 Å². The van der Waals surface area contributed by atoms with Gasteiger partial charge in [-0.3, -0.25) is 9.48 Å². The molecule has 0 radical (unpaired) electrons. The SMILES string of the molecule is COC(=O)c1c(NC(=O)c2cc3nc(-c4ccc(F)cc4)cc(C(F)(F)C(F)(F)F)n3n2)cnn1C. The topological polar surface area (TPSA) is 103 Å². The highest BCUT2D eigenvalue weighted by Crippen LogP contribution is 2.44. The van der Waals surface area contributed by atoms with E-state index in [1.165, 1.54) is 7.05 Å². The zero-order chi connectivity index (χ0) is 26.4. The van der Waals surface area contributed by atoms with E-state index in [1.54, 1.807) is 0 Å². The van der Waals surface area contributed by atoms with Crippen LogP contribution in [0.3, 0.4) is 0 Å². The molecule has 0 spiro atoms. The summed E-state index contributed by atoms with van der Waals surface area (Å²) < 4.78 is 87.8. The number of ether oxygens (including phenoxy) is 1. The lowest BCUT2D eigenvalue weighted by Gasteiger charge is -2.21. The lowest BCUT2D eigenvalue weighted by Crippen LogP contribution is -2.36. The second kappa shape index (κ2) is 8.66. The predicted molar refractivity (Wildman–Crippen MR) is 111 cm³/mol. The van der Waals surface area contributed by atoms with Crippen molar-refractivity contribution < 1.29 is 40.7 Å². The highest BCUT2D eigenvalue weighted by atomic mass is 19.4. The van der Waals surface area contributed by atoms with Crippen LogP contribution in [0.2, 0.25) is 0 Å². The van der Waals surface area contributed by atoms with Gasteiger partial charge in [-0.2, -0.15) is 32.1 Å².